The van der Waals surface area contributed by atoms with Gasteiger partial charge >= 0.3 is 7.60 Å². The molecule has 6 heteroatoms. The first-order chi connectivity index (χ1) is 13.6. The maximum atomic E-state index is 13.2. The number of hydrogen-bond acceptors (Lipinski definition) is 5. The van der Waals surface area contributed by atoms with Crippen LogP contribution in [-0.4, -0.2) is 30.3 Å². The van der Waals surface area contributed by atoms with Crippen molar-refractivity contribution in [3.63, 3.8) is 0 Å². The fourth-order valence-electron chi connectivity index (χ4n) is 3.77. The smallest absolute Gasteiger partial charge is 0.343 e. The minimum Gasteiger partial charge on any atom is -0.507 e. The normalized spacial score (nSPS) is 13.8. The lowest BCUT2D eigenvalue weighted by atomic mass is 9.78. The number of allylic oxidation sites excluding steroid dienone is 1. The van der Waals surface area contributed by atoms with Crippen molar-refractivity contribution in [2.75, 3.05) is 14.2 Å². The van der Waals surface area contributed by atoms with Gasteiger partial charge in [-0.15, -0.1) is 0 Å². The number of rotatable bonds is 8. The zero-order chi connectivity index (χ0) is 23.5. The molecule has 1 aromatic carbocycles. The molecule has 0 saturated heterocycles. The molecule has 0 radical (unpaired) electrons. The van der Waals surface area contributed by atoms with Crippen LogP contribution in [0.5, 0.6) is 5.75 Å². The molecule has 0 amide bonds. The Morgan fingerprint density at radius 1 is 0.967 bits per heavy atom. The van der Waals surface area contributed by atoms with E-state index in [9.17, 15) is 14.5 Å². The van der Waals surface area contributed by atoms with E-state index in [0.717, 1.165) is 16.7 Å². The third-order valence-corrected chi connectivity index (χ3v) is 8.67. The topological polar surface area (TPSA) is 72.8 Å². The van der Waals surface area contributed by atoms with Gasteiger partial charge < -0.3 is 14.2 Å². The van der Waals surface area contributed by atoms with Crippen molar-refractivity contribution in [1.29, 1.82) is 0 Å². The molecule has 0 aliphatic carbocycles. The Hall–Kier alpha value is -1.42. The van der Waals surface area contributed by atoms with Crippen LogP contribution in [0.4, 0.5) is 0 Å². The Balaban J connectivity index is 3.58. The number of carbonyl (C=O) groups excluding carboxylic acids is 1. The van der Waals surface area contributed by atoms with E-state index in [0.29, 0.717) is 18.6 Å². The van der Waals surface area contributed by atoms with E-state index < -0.39 is 12.8 Å². The molecule has 0 atom stereocenters. The molecule has 1 N–H and O–H groups in total. The van der Waals surface area contributed by atoms with Crippen LogP contribution in [0.1, 0.15) is 84.9 Å². The number of aromatic hydroxyl groups is 1. The zero-order valence-corrected chi connectivity index (χ0v) is 21.1. The minimum absolute atomic E-state index is 0.268. The summed E-state index contributed by atoms with van der Waals surface area (Å²) in [6, 6.07) is 3.81. The Kier molecular flexibility index (Phi) is 8.32. The second kappa shape index (κ2) is 9.38. The van der Waals surface area contributed by atoms with Crippen molar-refractivity contribution in [1.82, 2.24) is 0 Å². The van der Waals surface area contributed by atoms with E-state index in [2.05, 4.69) is 0 Å². The molecule has 30 heavy (non-hydrogen) atoms. The van der Waals surface area contributed by atoms with Gasteiger partial charge in [0, 0.05) is 25.3 Å². The number of ketones is 1. The molecule has 170 valence electrons. The van der Waals surface area contributed by atoms with E-state index in [-0.39, 0.29) is 16.6 Å². The molecule has 0 heterocycles. The van der Waals surface area contributed by atoms with Gasteiger partial charge in [-0.2, -0.15) is 0 Å². The van der Waals surface area contributed by atoms with Crippen LogP contribution in [-0.2, 0) is 29.2 Å². The maximum absolute atomic E-state index is 13.2. The van der Waals surface area contributed by atoms with Crippen molar-refractivity contribution in [2.24, 2.45) is 0 Å². The highest BCUT2D eigenvalue weighted by Gasteiger charge is 2.52. The lowest BCUT2D eigenvalue weighted by molar-refractivity contribution is -0.117. The van der Waals surface area contributed by atoms with Gasteiger partial charge in [0.25, 0.3) is 0 Å². The van der Waals surface area contributed by atoms with Gasteiger partial charge in [-0.05, 0) is 47.4 Å². The van der Waals surface area contributed by atoms with E-state index in [1.807, 2.05) is 67.5 Å². The summed E-state index contributed by atoms with van der Waals surface area (Å²) in [5, 5.41) is 9.64. The van der Waals surface area contributed by atoms with E-state index in [1.54, 1.807) is 6.08 Å². The van der Waals surface area contributed by atoms with Crippen molar-refractivity contribution in [3.8, 4) is 5.75 Å². The van der Waals surface area contributed by atoms with Gasteiger partial charge in [-0.25, -0.2) is 0 Å². The van der Waals surface area contributed by atoms with Crippen LogP contribution in [0.15, 0.2) is 18.2 Å². The maximum Gasteiger partial charge on any atom is 0.343 e. The second-order valence-electron chi connectivity index (χ2n) is 9.76. The van der Waals surface area contributed by atoms with Gasteiger partial charge in [-0.3, -0.25) is 9.36 Å². The molecular formula is C24H39O5P. The summed E-state index contributed by atoms with van der Waals surface area (Å²) in [5.74, 6) is 0.000400. The van der Waals surface area contributed by atoms with Gasteiger partial charge in [0.1, 0.15) is 10.9 Å². The first kappa shape index (κ1) is 26.6. The highest BCUT2D eigenvalue weighted by Crippen LogP contribution is 2.62. The molecule has 0 spiro atoms. The van der Waals surface area contributed by atoms with Crippen LogP contribution in [0.25, 0.3) is 6.08 Å². The van der Waals surface area contributed by atoms with Crippen molar-refractivity contribution < 1.29 is 23.5 Å². The summed E-state index contributed by atoms with van der Waals surface area (Å²) in [6.45, 7) is 15.9. The fraction of sp³-hybridized carbons (Fsp3) is 0.625. The standard InChI is InChI=1S/C24H39O5P/c1-11-24(12-2,30(27,28-9)29-10)20(25)14-13-17-15-18(22(3,4)5)21(26)19(16-17)23(6,7)8/h13-16,26H,11-12H2,1-10H3/b14-13+. The zero-order valence-electron chi connectivity index (χ0n) is 20.3. The highest BCUT2D eigenvalue weighted by molar-refractivity contribution is 7.56. The summed E-state index contributed by atoms with van der Waals surface area (Å²) < 4.78 is 23.6. The Morgan fingerprint density at radius 2 is 1.37 bits per heavy atom. The fourth-order valence-corrected chi connectivity index (χ4v) is 5.74. The van der Waals surface area contributed by atoms with E-state index >= 15 is 0 Å². The predicted molar refractivity (Wildman–Crippen MR) is 124 cm³/mol. The number of phenols is 1. The molecular weight excluding hydrogens is 399 g/mol. The highest BCUT2D eigenvalue weighted by atomic mass is 31.2. The van der Waals surface area contributed by atoms with Crippen molar-refractivity contribution >= 4 is 19.5 Å². The Morgan fingerprint density at radius 3 is 1.67 bits per heavy atom. The number of benzene rings is 1. The molecule has 0 fully saturated rings. The lowest BCUT2D eigenvalue weighted by Gasteiger charge is -2.34. The first-order valence-corrected chi connectivity index (χ1v) is 12.0. The third kappa shape index (κ3) is 5.07. The molecule has 1 rings (SSSR count). The summed E-state index contributed by atoms with van der Waals surface area (Å²) in [6.07, 6.45) is 3.86. The lowest BCUT2D eigenvalue weighted by Crippen LogP contribution is -2.37. The molecule has 0 aliphatic heterocycles. The van der Waals surface area contributed by atoms with Gasteiger partial charge in [0.15, 0.2) is 5.78 Å². The third-order valence-electron chi connectivity index (χ3n) is 5.81. The monoisotopic (exact) mass is 438 g/mol. The number of carbonyl (C=O) groups is 1. The van der Waals surface area contributed by atoms with Crippen LogP contribution < -0.4 is 0 Å². The Bertz CT molecular complexity index is 793. The largest absolute Gasteiger partial charge is 0.507 e. The SMILES string of the molecule is CCC(CC)(C(=O)/C=C/c1cc(C(C)(C)C)c(O)c(C(C)(C)C)c1)P(=O)(OC)OC. The molecule has 5 nitrogen and oxygen atoms in total. The van der Waals surface area contributed by atoms with Crippen molar-refractivity contribution in [2.45, 2.75) is 84.2 Å². The Labute approximate surface area is 182 Å². The van der Waals surface area contributed by atoms with Crippen LogP contribution in [0, 0.1) is 0 Å². The average molecular weight is 439 g/mol. The van der Waals surface area contributed by atoms with E-state index in [1.165, 1.54) is 20.3 Å². The van der Waals surface area contributed by atoms with Gasteiger partial charge in [-0.1, -0.05) is 61.5 Å². The van der Waals surface area contributed by atoms with Crippen LogP contribution in [0.2, 0.25) is 0 Å². The summed E-state index contributed by atoms with van der Waals surface area (Å²) in [7, 11) is -0.996. The predicted octanol–water partition coefficient (Wildman–Crippen LogP) is 6.61. The van der Waals surface area contributed by atoms with Crippen LogP contribution in [0.3, 0.4) is 0 Å². The van der Waals surface area contributed by atoms with Crippen molar-refractivity contribution in [3.05, 3.63) is 34.9 Å². The van der Waals surface area contributed by atoms with Gasteiger partial charge in [0.2, 0.25) is 0 Å². The molecule has 1 aromatic rings. The molecule has 0 saturated carbocycles. The number of hydrogen-bond donors (Lipinski definition) is 1. The minimum atomic E-state index is -3.62. The molecule has 0 aliphatic rings. The summed E-state index contributed by atoms with van der Waals surface area (Å²) in [4.78, 5) is 13.2. The van der Waals surface area contributed by atoms with Crippen LogP contribution >= 0.6 is 7.60 Å². The van der Waals surface area contributed by atoms with E-state index in [4.69, 9.17) is 9.05 Å². The molecule has 0 unspecified atom stereocenters. The molecule has 0 aromatic heterocycles. The first-order valence-electron chi connectivity index (χ1n) is 10.5. The quantitative estimate of drug-likeness (QED) is 0.365. The second-order valence-corrected chi connectivity index (χ2v) is 12.3. The summed E-state index contributed by atoms with van der Waals surface area (Å²) >= 11 is 0. The number of phenolic OH excluding ortho intramolecular Hbond substituents is 1. The summed E-state index contributed by atoms with van der Waals surface area (Å²) in [5.41, 5.74) is 1.91. The average Bonchev–Trinajstić information content (AvgIpc) is 2.66. The molecule has 0 bridgehead atoms. The van der Waals surface area contributed by atoms with Gasteiger partial charge in [0.05, 0.1) is 0 Å².